The quantitative estimate of drug-likeness (QED) is 0.558. The standard InChI is InChI=1S/C27H42O3/c1-17-9-13-27(29-15-17)18(2)24-23(30-27)14-22-20-8-7-19-6-4-5-11-26(19,16-28)21(20)10-12-25(22,24)3/h17,19-24,28H,2,4-16H2,1,3H3/t17?,19?,20-,21+,22+,23+,24+,25+,26-,27-/m1/s1. The van der Waals surface area contributed by atoms with Crippen molar-refractivity contribution in [2.45, 2.75) is 96.4 Å². The molecule has 2 heterocycles. The topological polar surface area (TPSA) is 38.7 Å². The first-order valence-corrected chi connectivity index (χ1v) is 13.1. The Bertz CT molecular complexity index is 709. The first-order chi connectivity index (χ1) is 14.4. The second-order valence-corrected chi connectivity index (χ2v) is 12.4. The van der Waals surface area contributed by atoms with E-state index in [1.165, 1.54) is 69.8 Å². The van der Waals surface area contributed by atoms with Gasteiger partial charge in [-0.2, -0.15) is 0 Å². The Morgan fingerprint density at radius 3 is 2.67 bits per heavy atom. The van der Waals surface area contributed by atoms with E-state index in [0.717, 1.165) is 36.7 Å². The maximum atomic E-state index is 10.7. The van der Waals surface area contributed by atoms with Gasteiger partial charge in [0.2, 0.25) is 0 Å². The van der Waals surface area contributed by atoms with Crippen LogP contribution in [0.3, 0.4) is 0 Å². The minimum atomic E-state index is -0.486. The number of aliphatic hydroxyl groups is 1. The van der Waals surface area contributed by atoms with Crippen LogP contribution in [0.5, 0.6) is 0 Å². The Kier molecular flexibility index (Phi) is 4.60. The zero-order chi connectivity index (χ0) is 20.7. The summed E-state index contributed by atoms with van der Waals surface area (Å²) in [5, 5.41) is 10.7. The Morgan fingerprint density at radius 1 is 1.03 bits per heavy atom. The molecule has 0 aromatic carbocycles. The second kappa shape index (κ2) is 6.81. The van der Waals surface area contributed by atoms with Gasteiger partial charge in [0.15, 0.2) is 5.79 Å². The fourth-order valence-electron chi connectivity index (χ4n) is 9.88. The molecular formula is C27H42O3. The SMILES string of the molecule is C=C1[C@H]2[C@H](C[C@H]3[C@@H]4CCC5CCCC[C@]5(CO)[C@H]4CC[C@@]32C)O[C@]12CCC(C)CO2. The molecule has 0 aromatic heterocycles. The number of rotatable bonds is 1. The zero-order valence-electron chi connectivity index (χ0n) is 19.2. The molecule has 1 spiro atoms. The number of ether oxygens (including phenoxy) is 2. The third-order valence-electron chi connectivity index (χ3n) is 11.4. The molecule has 4 saturated carbocycles. The van der Waals surface area contributed by atoms with Crippen LogP contribution in [-0.2, 0) is 9.47 Å². The van der Waals surface area contributed by atoms with Crippen molar-refractivity contribution < 1.29 is 14.6 Å². The summed E-state index contributed by atoms with van der Waals surface area (Å²) in [4.78, 5) is 0. The van der Waals surface area contributed by atoms with Crippen LogP contribution in [0.25, 0.3) is 0 Å². The fourth-order valence-corrected chi connectivity index (χ4v) is 9.88. The van der Waals surface area contributed by atoms with E-state index in [1.807, 2.05) is 0 Å². The van der Waals surface area contributed by atoms with E-state index >= 15 is 0 Å². The molecule has 6 rings (SSSR count). The number of hydrogen-bond donors (Lipinski definition) is 1. The van der Waals surface area contributed by atoms with Crippen LogP contribution >= 0.6 is 0 Å². The molecule has 0 aromatic rings. The monoisotopic (exact) mass is 414 g/mol. The highest BCUT2D eigenvalue weighted by Crippen LogP contribution is 2.71. The molecule has 3 nitrogen and oxygen atoms in total. The van der Waals surface area contributed by atoms with Crippen LogP contribution in [-0.4, -0.2) is 30.2 Å². The maximum absolute atomic E-state index is 10.7. The van der Waals surface area contributed by atoms with Crippen LogP contribution in [0.15, 0.2) is 12.2 Å². The summed E-state index contributed by atoms with van der Waals surface area (Å²) in [5.74, 6) is 3.62. The maximum Gasteiger partial charge on any atom is 0.191 e. The minimum Gasteiger partial charge on any atom is -0.396 e. The molecule has 3 heteroatoms. The van der Waals surface area contributed by atoms with E-state index in [2.05, 4.69) is 20.4 Å². The minimum absolute atomic E-state index is 0.224. The van der Waals surface area contributed by atoms with Gasteiger partial charge in [-0.25, -0.2) is 0 Å². The van der Waals surface area contributed by atoms with Crippen molar-refractivity contribution in [1.29, 1.82) is 0 Å². The average molecular weight is 415 g/mol. The van der Waals surface area contributed by atoms with Crippen LogP contribution < -0.4 is 0 Å². The lowest BCUT2D eigenvalue weighted by Gasteiger charge is -2.61. The molecule has 4 aliphatic carbocycles. The van der Waals surface area contributed by atoms with Gasteiger partial charge in [-0.3, -0.25) is 0 Å². The summed E-state index contributed by atoms with van der Waals surface area (Å²) in [6, 6.07) is 0. The first kappa shape index (κ1) is 20.2. The highest BCUT2D eigenvalue weighted by molar-refractivity contribution is 5.29. The van der Waals surface area contributed by atoms with Crippen LogP contribution in [0.2, 0.25) is 0 Å². The molecule has 10 atom stereocenters. The number of aliphatic hydroxyl groups excluding tert-OH is 1. The smallest absolute Gasteiger partial charge is 0.191 e. The zero-order valence-corrected chi connectivity index (χ0v) is 19.2. The first-order valence-electron chi connectivity index (χ1n) is 13.1. The molecule has 6 aliphatic rings. The van der Waals surface area contributed by atoms with E-state index in [-0.39, 0.29) is 5.41 Å². The lowest BCUT2D eigenvalue weighted by molar-refractivity contribution is -0.237. The summed E-state index contributed by atoms with van der Waals surface area (Å²) >= 11 is 0. The van der Waals surface area contributed by atoms with E-state index in [1.54, 1.807) is 0 Å². The van der Waals surface area contributed by atoms with E-state index in [4.69, 9.17) is 9.47 Å². The summed E-state index contributed by atoms with van der Waals surface area (Å²) in [5.41, 5.74) is 1.80. The van der Waals surface area contributed by atoms with Crippen molar-refractivity contribution in [3.8, 4) is 0 Å². The predicted octanol–water partition coefficient (Wildman–Crippen LogP) is 5.72. The van der Waals surface area contributed by atoms with Gasteiger partial charge in [0, 0.05) is 18.9 Å². The van der Waals surface area contributed by atoms with Crippen molar-refractivity contribution in [3.63, 3.8) is 0 Å². The molecule has 2 unspecified atom stereocenters. The average Bonchev–Trinajstić information content (AvgIpc) is 3.20. The van der Waals surface area contributed by atoms with Crippen molar-refractivity contribution in [2.24, 2.45) is 46.3 Å². The van der Waals surface area contributed by atoms with Crippen molar-refractivity contribution in [3.05, 3.63) is 12.2 Å². The van der Waals surface area contributed by atoms with Gasteiger partial charge in [0.1, 0.15) is 0 Å². The van der Waals surface area contributed by atoms with Gasteiger partial charge in [0.05, 0.1) is 12.7 Å². The molecule has 6 fully saturated rings. The second-order valence-electron chi connectivity index (χ2n) is 12.4. The summed E-state index contributed by atoms with van der Waals surface area (Å²) < 4.78 is 13.2. The largest absolute Gasteiger partial charge is 0.396 e. The third kappa shape index (κ3) is 2.49. The van der Waals surface area contributed by atoms with Crippen LogP contribution in [0.4, 0.5) is 0 Å². The highest BCUT2D eigenvalue weighted by atomic mass is 16.7. The van der Waals surface area contributed by atoms with Gasteiger partial charge in [-0.1, -0.05) is 33.3 Å². The van der Waals surface area contributed by atoms with Gasteiger partial charge in [-0.05, 0) is 97.4 Å². The van der Waals surface area contributed by atoms with Gasteiger partial charge < -0.3 is 14.6 Å². The van der Waals surface area contributed by atoms with E-state index < -0.39 is 5.79 Å². The van der Waals surface area contributed by atoms with Crippen molar-refractivity contribution >= 4 is 0 Å². The Morgan fingerprint density at radius 2 is 1.90 bits per heavy atom. The van der Waals surface area contributed by atoms with E-state index in [9.17, 15) is 5.11 Å². The Hall–Kier alpha value is -0.380. The fraction of sp³-hybridized carbons (Fsp3) is 0.926. The third-order valence-corrected chi connectivity index (χ3v) is 11.4. The predicted molar refractivity (Wildman–Crippen MR) is 118 cm³/mol. The molecule has 168 valence electrons. The van der Waals surface area contributed by atoms with Crippen molar-refractivity contribution in [2.75, 3.05) is 13.2 Å². The molecular weight excluding hydrogens is 372 g/mol. The van der Waals surface area contributed by atoms with Crippen LogP contribution in [0.1, 0.15) is 84.5 Å². The molecule has 0 bridgehead atoms. The lowest BCUT2D eigenvalue weighted by Crippen LogP contribution is -2.55. The Balaban J connectivity index is 1.29. The van der Waals surface area contributed by atoms with Gasteiger partial charge in [0.25, 0.3) is 0 Å². The molecule has 1 N–H and O–H groups in total. The summed E-state index contributed by atoms with van der Waals surface area (Å²) in [6.45, 7) is 10.7. The normalized spacial score (nSPS) is 57.6. The highest BCUT2D eigenvalue weighted by Gasteiger charge is 2.68. The van der Waals surface area contributed by atoms with Gasteiger partial charge in [-0.15, -0.1) is 0 Å². The summed E-state index contributed by atoms with van der Waals surface area (Å²) in [7, 11) is 0. The molecule has 0 radical (unpaired) electrons. The van der Waals surface area contributed by atoms with Crippen LogP contribution in [0, 0.1) is 46.3 Å². The van der Waals surface area contributed by atoms with Crippen molar-refractivity contribution in [1.82, 2.24) is 0 Å². The lowest BCUT2D eigenvalue weighted by atomic mass is 9.44. The van der Waals surface area contributed by atoms with E-state index in [0.29, 0.717) is 30.0 Å². The molecule has 0 amide bonds. The summed E-state index contributed by atoms with van der Waals surface area (Å²) in [6.07, 6.45) is 14.3. The number of hydrogen-bond acceptors (Lipinski definition) is 3. The molecule has 2 aliphatic heterocycles. The van der Waals surface area contributed by atoms with Gasteiger partial charge >= 0.3 is 0 Å². The molecule has 2 saturated heterocycles. The number of fused-ring (bicyclic) bond motifs is 7. The molecule has 30 heavy (non-hydrogen) atoms. The Labute approximate surface area is 183 Å².